The summed E-state index contributed by atoms with van der Waals surface area (Å²) in [6, 6.07) is 2.78. The van der Waals surface area contributed by atoms with Crippen molar-refractivity contribution in [3.05, 3.63) is 29.1 Å². The average Bonchev–Trinajstić information content (AvgIpc) is 2.24. The summed E-state index contributed by atoms with van der Waals surface area (Å²) in [5.74, 6) is -4.17. The van der Waals surface area contributed by atoms with Crippen LogP contribution >= 0.6 is 0 Å². The number of alkyl halides is 2. The van der Waals surface area contributed by atoms with Gasteiger partial charge in [0, 0.05) is 13.0 Å². The summed E-state index contributed by atoms with van der Waals surface area (Å²) in [4.78, 5) is 11.6. The predicted molar refractivity (Wildman–Crippen MR) is 63.1 cm³/mol. The zero-order valence-electron chi connectivity index (χ0n) is 10.2. The number of halogens is 3. The molecule has 0 aliphatic rings. The van der Waals surface area contributed by atoms with Crippen LogP contribution in [0.5, 0.6) is 0 Å². The second-order valence-electron chi connectivity index (χ2n) is 4.23. The largest absolute Gasteiger partial charge is 0.396 e. The highest BCUT2D eigenvalue weighted by molar-refractivity contribution is 5.99. The Hall–Kier alpha value is -1.72. The molecule has 0 atom stereocenters. The van der Waals surface area contributed by atoms with Gasteiger partial charge in [-0.25, -0.2) is 13.2 Å². The van der Waals surface area contributed by atoms with Crippen molar-refractivity contribution in [3.63, 3.8) is 0 Å². The molecule has 6 heteroatoms. The Morgan fingerprint density at radius 3 is 2.61 bits per heavy atom. The Kier molecular flexibility index (Phi) is 4.21. The van der Waals surface area contributed by atoms with Crippen molar-refractivity contribution in [2.75, 3.05) is 12.3 Å². The number of carbonyl (C=O) groups is 1. The fourth-order valence-electron chi connectivity index (χ4n) is 1.39. The molecule has 0 spiro atoms. The van der Waals surface area contributed by atoms with Gasteiger partial charge in [0.15, 0.2) is 0 Å². The highest BCUT2D eigenvalue weighted by Crippen LogP contribution is 2.20. The van der Waals surface area contributed by atoms with Crippen LogP contribution in [0.4, 0.5) is 18.9 Å². The molecule has 1 aromatic rings. The van der Waals surface area contributed by atoms with Crippen LogP contribution in [0.15, 0.2) is 12.1 Å². The number of nitrogen functional groups attached to an aromatic ring is 1. The zero-order valence-corrected chi connectivity index (χ0v) is 10.2. The molecule has 0 aliphatic heterocycles. The minimum absolute atomic E-state index is 0.0440. The smallest absolute Gasteiger partial charge is 0.253 e. The molecule has 0 saturated heterocycles. The fourth-order valence-corrected chi connectivity index (χ4v) is 1.39. The van der Waals surface area contributed by atoms with Crippen molar-refractivity contribution >= 4 is 11.6 Å². The first-order valence-corrected chi connectivity index (χ1v) is 5.43. The van der Waals surface area contributed by atoms with E-state index >= 15 is 0 Å². The Labute approximate surface area is 103 Å². The van der Waals surface area contributed by atoms with Gasteiger partial charge in [0.05, 0.1) is 11.3 Å². The van der Waals surface area contributed by atoms with E-state index in [-0.39, 0.29) is 17.8 Å². The van der Waals surface area contributed by atoms with Crippen LogP contribution in [0.25, 0.3) is 0 Å². The van der Waals surface area contributed by atoms with Crippen LogP contribution in [-0.4, -0.2) is 18.4 Å². The molecular weight excluding hydrogens is 245 g/mol. The Balaban J connectivity index is 2.71. The van der Waals surface area contributed by atoms with Crippen LogP contribution in [0, 0.1) is 12.7 Å². The topological polar surface area (TPSA) is 55.1 Å². The molecule has 0 aliphatic carbocycles. The molecule has 0 heterocycles. The molecule has 18 heavy (non-hydrogen) atoms. The van der Waals surface area contributed by atoms with Crippen molar-refractivity contribution in [1.29, 1.82) is 0 Å². The number of nitrogens with one attached hydrogen (secondary N) is 1. The van der Waals surface area contributed by atoms with E-state index in [9.17, 15) is 18.0 Å². The van der Waals surface area contributed by atoms with Crippen molar-refractivity contribution < 1.29 is 18.0 Å². The number of benzene rings is 1. The van der Waals surface area contributed by atoms with Crippen LogP contribution in [0.3, 0.4) is 0 Å². The van der Waals surface area contributed by atoms with Crippen LogP contribution < -0.4 is 11.1 Å². The Morgan fingerprint density at radius 2 is 2.06 bits per heavy atom. The third-order valence-corrected chi connectivity index (χ3v) is 2.47. The summed E-state index contributed by atoms with van der Waals surface area (Å²) in [5, 5.41) is 2.28. The maximum Gasteiger partial charge on any atom is 0.253 e. The van der Waals surface area contributed by atoms with E-state index in [4.69, 9.17) is 5.73 Å². The van der Waals surface area contributed by atoms with E-state index in [2.05, 4.69) is 5.32 Å². The monoisotopic (exact) mass is 260 g/mol. The van der Waals surface area contributed by atoms with Crippen LogP contribution in [-0.2, 0) is 0 Å². The van der Waals surface area contributed by atoms with Gasteiger partial charge in [-0.3, -0.25) is 4.79 Å². The minimum Gasteiger partial charge on any atom is -0.396 e. The number of rotatable bonds is 4. The highest BCUT2D eigenvalue weighted by atomic mass is 19.3. The molecular formula is C12H15F3N2O. The Bertz CT molecular complexity index is 455. The van der Waals surface area contributed by atoms with Crippen molar-refractivity contribution in [3.8, 4) is 0 Å². The fraction of sp³-hybridized carbons (Fsp3) is 0.417. The van der Waals surface area contributed by atoms with Gasteiger partial charge in [-0.1, -0.05) is 6.07 Å². The van der Waals surface area contributed by atoms with Gasteiger partial charge in [-0.05, 0) is 25.5 Å². The third kappa shape index (κ3) is 3.65. The van der Waals surface area contributed by atoms with Crippen molar-refractivity contribution in [2.45, 2.75) is 26.2 Å². The highest BCUT2D eigenvalue weighted by Gasteiger charge is 2.21. The minimum atomic E-state index is -2.85. The summed E-state index contributed by atoms with van der Waals surface area (Å²) in [6.45, 7) is 2.08. The summed E-state index contributed by atoms with van der Waals surface area (Å²) in [7, 11) is 0. The lowest BCUT2D eigenvalue weighted by Crippen LogP contribution is -2.29. The maximum absolute atomic E-state index is 13.4. The van der Waals surface area contributed by atoms with E-state index in [0.29, 0.717) is 5.56 Å². The van der Waals surface area contributed by atoms with E-state index in [1.54, 1.807) is 0 Å². The van der Waals surface area contributed by atoms with E-state index in [0.717, 1.165) is 6.92 Å². The number of aryl methyl sites for hydroxylation is 1. The molecule has 0 radical (unpaired) electrons. The molecule has 0 unspecified atom stereocenters. The first-order chi connectivity index (χ1) is 8.22. The molecule has 1 amide bonds. The number of hydrogen-bond acceptors (Lipinski definition) is 2. The van der Waals surface area contributed by atoms with Crippen LogP contribution in [0.2, 0.25) is 0 Å². The molecule has 0 fully saturated rings. The molecule has 0 bridgehead atoms. The number of amides is 1. The number of hydrogen-bond donors (Lipinski definition) is 2. The summed E-state index contributed by atoms with van der Waals surface area (Å²) in [5.41, 5.74) is 5.47. The lowest BCUT2D eigenvalue weighted by atomic mass is 10.1. The molecule has 0 aromatic heterocycles. The first kappa shape index (κ1) is 14.3. The maximum atomic E-state index is 13.4. The standard InChI is InChI=1S/C12H15F3N2O/c1-7-3-4-8(10(16)9(7)13)11(18)17-6-5-12(2,14)15/h3-4H,5-6,16H2,1-2H3,(H,17,18). The average molecular weight is 260 g/mol. The summed E-state index contributed by atoms with van der Waals surface area (Å²) in [6.07, 6.45) is -0.479. The summed E-state index contributed by atoms with van der Waals surface area (Å²) < 4.78 is 38.5. The SMILES string of the molecule is Cc1ccc(C(=O)NCCC(C)(F)F)c(N)c1F. The van der Waals surface area contributed by atoms with Gasteiger partial charge < -0.3 is 11.1 Å². The van der Waals surface area contributed by atoms with Gasteiger partial charge in [0.1, 0.15) is 5.82 Å². The number of anilines is 1. The van der Waals surface area contributed by atoms with E-state index in [1.165, 1.54) is 19.1 Å². The second-order valence-corrected chi connectivity index (χ2v) is 4.23. The van der Waals surface area contributed by atoms with Gasteiger partial charge in [0.25, 0.3) is 5.91 Å². The van der Waals surface area contributed by atoms with Crippen molar-refractivity contribution in [1.82, 2.24) is 5.32 Å². The molecule has 3 N–H and O–H groups in total. The van der Waals surface area contributed by atoms with Gasteiger partial charge >= 0.3 is 0 Å². The molecule has 1 aromatic carbocycles. The first-order valence-electron chi connectivity index (χ1n) is 5.43. The predicted octanol–water partition coefficient (Wildman–Crippen LogP) is 2.49. The quantitative estimate of drug-likeness (QED) is 0.817. The molecule has 0 saturated carbocycles. The lowest BCUT2D eigenvalue weighted by molar-refractivity contribution is 0.0137. The number of nitrogens with two attached hydrogens (primary N) is 1. The molecule has 1 rings (SSSR count). The van der Waals surface area contributed by atoms with Crippen molar-refractivity contribution in [2.24, 2.45) is 0 Å². The number of carbonyl (C=O) groups excluding carboxylic acids is 1. The lowest BCUT2D eigenvalue weighted by Gasteiger charge is -2.12. The van der Waals surface area contributed by atoms with E-state index in [1.807, 2.05) is 0 Å². The van der Waals surface area contributed by atoms with E-state index < -0.39 is 24.1 Å². The Morgan fingerprint density at radius 1 is 1.44 bits per heavy atom. The molecule has 3 nitrogen and oxygen atoms in total. The van der Waals surface area contributed by atoms with Gasteiger partial charge in [0.2, 0.25) is 5.92 Å². The van der Waals surface area contributed by atoms with Gasteiger partial charge in [-0.2, -0.15) is 0 Å². The summed E-state index contributed by atoms with van der Waals surface area (Å²) >= 11 is 0. The normalized spacial score (nSPS) is 11.4. The molecule has 100 valence electrons. The zero-order chi connectivity index (χ0) is 13.9. The third-order valence-electron chi connectivity index (χ3n) is 2.47. The second kappa shape index (κ2) is 5.29. The van der Waals surface area contributed by atoms with Gasteiger partial charge in [-0.15, -0.1) is 0 Å². The van der Waals surface area contributed by atoms with Crippen LogP contribution in [0.1, 0.15) is 29.3 Å².